The molecule has 0 unspecified atom stereocenters. The van der Waals surface area contributed by atoms with Crippen molar-refractivity contribution in [3.05, 3.63) is 93.7 Å². The molecule has 0 saturated heterocycles. The second kappa shape index (κ2) is 7.89. The largest absolute Gasteiger partial charge is 0.350 e. The maximum Gasteiger partial charge on any atom is 0.335 e. The number of pyridine rings is 1. The molecule has 146 valence electrons. The lowest BCUT2D eigenvalue weighted by Gasteiger charge is -2.07. The van der Waals surface area contributed by atoms with Crippen LogP contribution in [0.2, 0.25) is 5.02 Å². The zero-order valence-electron chi connectivity index (χ0n) is 15.2. The number of carbonyl (C=O) groups is 1. The highest BCUT2D eigenvalue weighted by molar-refractivity contribution is 6.31. The van der Waals surface area contributed by atoms with Crippen molar-refractivity contribution in [1.29, 1.82) is 0 Å². The number of imidazole rings is 1. The van der Waals surface area contributed by atoms with Gasteiger partial charge in [0.15, 0.2) is 5.65 Å². The Bertz CT molecular complexity index is 1250. The summed E-state index contributed by atoms with van der Waals surface area (Å²) in [6, 6.07) is 16.1. The number of carbonyl (C=O) groups excluding carboxylic acids is 1. The summed E-state index contributed by atoms with van der Waals surface area (Å²) in [5, 5.41) is 3.33. The van der Waals surface area contributed by atoms with Gasteiger partial charge in [-0.3, -0.25) is 9.36 Å². The summed E-state index contributed by atoms with van der Waals surface area (Å²) < 4.78 is 16.0. The molecular formula is C21H16ClFN4O2. The highest BCUT2D eigenvalue weighted by atomic mass is 35.5. The Morgan fingerprint density at radius 2 is 1.83 bits per heavy atom. The summed E-state index contributed by atoms with van der Waals surface area (Å²) in [5.74, 6) is -0.744. The van der Waals surface area contributed by atoms with Crippen LogP contribution in [0.25, 0.3) is 16.9 Å². The van der Waals surface area contributed by atoms with Crippen LogP contribution in [-0.4, -0.2) is 20.0 Å². The zero-order valence-corrected chi connectivity index (χ0v) is 15.9. The van der Waals surface area contributed by atoms with Crippen LogP contribution >= 0.6 is 11.6 Å². The van der Waals surface area contributed by atoms with Crippen LogP contribution < -0.4 is 11.0 Å². The van der Waals surface area contributed by atoms with E-state index in [-0.39, 0.29) is 19.0 Å². The lowest BCUT2D eigenvalue weighted by Crippen LogP contribution is -2.32. The average molecular weight is 411 g/mol. The third-order valence-corrected chi connectivity index (χ3v) is 4.88. The van der Waals surface area contributed by atoms with E-state index in [2.05, 4.69) is 10.3 Å². The van der Waals surface area contributed by atoms with Crippen molar-refractivity contribution in [2.45, 2.75) is 13.1 Å². The molecule has 0 aliphatic heterocycles. The fourth-order valence-corrected chi connectivity index (χ4v) is 3.30. The molecule has 0 spiro atoms. The summed E-state index contributed by atoms with van der Waals surface area (Å²) in [4.78, 5) is 29.8. The third-order valence-electron chi connectivity index (χ3n) is 4.51. The van der Waals surface area contributed by atoms with E-state index < -0.39 is 11.5 Å². The molecule has 0 saturated carbocycles. The van der Waals surface area contributed by atoms with E-state index >= 15 is 0 Å². The quantitative estimate of drug-likeness (QED) is 0.549. The molecule has 6 nitrogen and oxygen atoms in total. The molecule has 0 atom stereocenters. The Balaban J connectivity index is 1.65. The minimum Gasteiger partial charge on any atom is -0.350 e. The predicted molar refractivity (Wildman–Crippen MR) is 109 cm³/mol. The van der Waals surface area contributed by atoms with E-state index in [1.165, 1.54) is 33.4 Å². The van der Waals surface area contributed by atoms with Crippen LogP contribution in [0, 0.1) is 5.82 Å². The molecule has 29 heavy (non-hydrogen) atoms. The van der Waals surface area contributed by atoms with Crippen molar-refractivity contribution in [3.8, 4) is 5.69 Å². The Hall–Kier alpha value is -3.45. The van der Waals surface area contributed by atoms with Crippen molar-refractivity contribution in [1.82, 2.24) is 19.4 Å². The summed E-state index contributed by atoms with van der Waals surface area (Å²) in [7, 11) is 0. The Morgan fingerprint density at radius 3 is 2.59 bits per heavy atom. The van der Waals surface area contributed by atoms with Gasteiger partial charge in [-0.05, 0) is 48.0 Å². The van der Waals surface area contributed by atoms with Crippen molar-refractivity contribution in [2.24, 2.45) is 0 Å². The monoisotopic (exact) mass is 410 g/mol. The van der Waals surface area contributed by atoms with Gasteiger partial charge in [-0.15, -0.1) is 0 Å². The number of benzene rings is 2. The first-order chi connectivity index (χ1) is 14.0. The van der Waals surface area contributed by atoms with Gasteiger partial charge in [0.25, 0.3) is 0 Å². The van der Waals surface area contributed by atoms with Crippen LogP contribution in [0.15, 0.2) is 71.7 Å². The van der Waals surface area contributed by atoms with Crippen LogP contribution in [-0.2, 0) is 17.9 Å². The van der Waals surface area contributed by atoms with E-state index in [0.29, 0.717) is 21.9 Å². The molecule has 0 bridgehead atoms. The fraction of sp³-hybridized carbons (Fsp3) is 0.0952. The predicted octanol–water partition coefficient (Wildman–Crippen LogP) is 3.30. The molecule has 4 aromatic rings. The van der Waals surface area contributed by atoms with E-state index in [4.69, 9.17) is 11.6 Å². The number of rotatable bonds is 5. The summed E-state index contributed by atoms with van der Waals surface area (Å²) in [5.41, 5.74) is 1.72. The van der Waals surface area contributed by atoms with E-state index in [1.807, 2.05) is 18.2 Å². The SMILES string of the molecule is O=C(Cn1c(=O)n(-c2ccc(F)cc2)c2ncccc21)NCc1ccccc1Cl. The third kappa shape index (κ3) is 3.77. The number of fused-ring (bicyclic) bond motifs is 1. The minimum absolute atomic E-state index is 0.181. The van der Waals surface area contributed by atoms with Gasteiger partial charge in [0.05, 0.1) is 11.2 Å². The lowest BCUT2D eigenvalue weighted by atomic mass is 10.2. The summed E-state index contributed by atoms with van der Waals surface area (Å²) >= 11 is 6.11. The fourth-order valence-electron chi connectivity index (χ4n) is 3.10. The van der Waals surface area contributed by atoms with Crippen molar-refractivity contribution in [2.75, 3.05) is 0 Å². The molecular weight excluding hydrogens is 395 g/mol. The Kier molecular flexibility index (Phi) is 5.14. The van der Waals surface area contributed by atoms with Crippen LogP contribution in [0.3, 0.4) is 0 Å². The van der Waals surface area contributed by atoms with Crippen molar-refractivity contribution < 1.29 is 9.18 Å². The smallest absolute Gasteiger partial charge is 0.335 e. The average Bonchev–Trinajstić information content (AvgIpc) is 3.00. The van der Waals surface area contributed by atoms with Crippen LogP contribution in [0.1, 0.15) is 5.56 Å². The molecule has 2 aromatic carbocycles. The first kappa shape index (κ1) is 18.9. The van der Waals surface area contributed by atoms with E-state index in [0.717, 1.165) is 5.56 Å². The molecule has 1 N–H and O–H groups in total. The summed E-state index contributed by atoms with van der Waals surface area (Å²) in [6.07, 6.45) is 1.56. The van der Waals surface area contributed by atoms with Crippen molar-refractivity contribution in [3.63, 3.8) is 0 Å². The Morgan fingerprint density at radius 1 is 1.07 bits per heavy atom. The maximum atomic E-state index is 13.3. The number of hydrogen-bond donors (Lipinski definition) is 1. The van der Waals surface area contributed by atoms with Gasteiger partial charge in [-0.2, -0.15) is 0 Å². The molecule has 2 aromatic heterocycles. The molecule has 4 rings (SSSR count). The highest BCUT2D eigenvalue weighted by Gasteiger charge is 2.17. The number of aromatic nitrogens is 3. The van der Waals surface area contributed by atoms with Gasteiger partial charge in [0, 0.05) is 17.8 Å². The van der Waals surface area contributed by atoms with Crippen LogP contribution in [0.5, 0.6) is 0 Å². The topological polar surface area (TPSA) is 68.9 Å². The van der Waals surface area contributed by atoms with E-state index in [9.17, 15) is 14.0 Å². The van der Waals surface area contributed by atoms with Gasteiger partial charge in [0.2, 0.25) is 5.91 Å². The zero-order chi connectivity index (χ0) is 20.4. The number of hydrogen-bond acceptors (Lipinski definition) is 3. The first-order valence-electron chi connectivity index (χ1n) is 8.87. The second-order valence-corrected chi connectivity index (χ2v) is 6.80. The molecule has 0 aliphatic carbocycles. The molecule has 0 fully saturated rings. The lowest BCUT2D eigenvalue weighted by molar-refractivity contribution is -0.121. The minimum atomic E-state index is -0.432. The van der Waals surface area contributed by atoms with Crippen molar-refractivity contribution >= 4 is 28.7 Å². The molecule has 1 amide bonds. The van der Waals surface area contributed by atoms with Gasteiger partial charge in [-0.25, -0.2) is 18.7 Å². The Labute approximate surface area is 170 Å². The standard InChI is InChI=1S/C21H16ClFN4O2/c22-17-5-2-1-4-14(17)12-25-19(28)13-26-18-6-3-11-24-20(18)27(21(26)29)16-9-7-15(23)8-10-16/h1-11H,12-13H2,(H,25,28). The number of nitrogens with zero attached hydrogens (tertiary/aromatic N) is 3. The van der Waals surface area contributed by atoms with Gasteiger partial charge in [0.1, 0.15) is 12.4 Å². The molecule has 0 aliphatic rings. The van der Waals surface area contributed by atoms with Crippen LogP contribution in [0.4, 0.5) is 4.39 Å². The normalized spacial score (nSPS) is 11.0. The van der Waals surface area contributed by atoms with Gasteiger partial charge < -0.3 is 5.32 Å². The number of amides is 1. The molecule has 0 radical (unpaired) electrons. The number of halogens is 2. The first-order valence-corrected chi connectivity index (χ1v) is 9.24. The van der Waals surface area contributed by atoms with Gasteiger partial charge >= 0.3 is 5.69 Å². The number of nitrogens with one attached hydrogen (secondary N) is 1. The second-order valence-electron chi connectivity index (χ2n) is 6.39. The molecule has 2 heterocycles. The van der Waals surface area contributed by atoms with Gasteiger partial charge in [-0.1, -0.05) is 29.8 Å². The summed E-state index contributed by atoms with van der Waals surface area (Å²) in [6.45, 7) is 0.0712. The highest BCUT2D eigenvalue weighted by Crippen LogP contribution is 2.17. The van der Waals surface area contributed by atoms with E-state index in [1.54, 1.807) is 24.4 Å². The maximum absolute atomic E-state index is 13.3. The molecule has 8 heteroatoms.